The monoisotopic (exact) mass is 542 g/mol. The number of hydrogen-bond acceptors (Lipinski definition) is 6. The van der Waals surface area contributed by atoms with E-state index >= 15 is 0 Å². The quantitative estimate of drug-likeness (QED) is 0.329. The maximum Gasteiger partial charge on any atom is 0.283 e. The lowest BCUT2D eigenvalue weighted by Gasteiger charge is -2.36. The lowest BCUT2D eigenvalue weighted by Crippen LogP contribution is -2.49. The normalized spacial score (nSPS) is 16.6. The van der Waals surface area contributed by atoms with Crippen molar-refractivity contribution in [3.05, 3.63) is 102 Å². The van der Waals surface area contributed by atoms with Gasteiger partial charge < -0.3 is 9.80 Å². The Balaban J connectivity index is 1.25. The van der Waals surface area contributed by atoms with Gasteiger partial charge in [-0.25, -0.2) is 9.38 Å². The van der Waals surface area contributed by atoms with E-state index in [0.717, 1.165) is 5.69 Å². The summed E-state index contributed by atoms with van der Waals surface area (Å²) in [6, 6.07) is 22.6. The zero-order chi connectivity index (χ0) is 27.4. The zero-order valence-electron chi connectivity index (χ0n) is 21.4. The van der Waals surface area contributed by atoms with Crippen LogP contribution in [-0.4, -0.2) is 59.6 Å². The van der Waals surface area contributed by atoms with Crippen LogP contribution in [0.15, 0.2) is 89.6 Å². The summed E-state index contributed by atoms with van der Waals surface area (Å²) in [7, 11) is 0. The van der Waals surface area contributed by atoms with Gasteiger partial charge in [-0.3, -0.25) is 19.3 Å². The fraction of sp³-hybridized carbons (Fsp3) is 0.200. The number of amides is 2. The number of amidine groups is 1. The van der Waals surface area contributed by atoms with Gasteiger partial charge in [0.2, 0.25) is 5.91 Å². The molecule has 0 aliphatic carbocycles. The first-order chi connectivity index (χ1) is 18.9. The molecule has 3 aromatic carbocycles. The number of Topliss-reactive ketones (excluding diaryl/α,β-unsaturated/α-hetero) is 1. The second-order valence-electron chi connectivity index (χ2n) is 9.21. The molecule has 3 aromatic rings. The Morgan fingerprint density at radius 2 is 1.64 bits per heavy atom. The Kier molecular flexibility index (Phi) is 7.88. The van der Waals surface area contributed by atoms with Crippen LogP contribution >= 0.6 is 11.8 Å². The fourth-order valence-electron chi connectivity index (χ4n) is 4.49. The predicted molar refractivity (Wildman–Crippen MR) is 153 cm³/mol. The molecule has 2 aliphatic rings. The van der Waals surface area contributed by atoms with Crippen LogP contribution in [0.3, 0.4) is 0 Å². The van der Waals surface area contributed by atoms with E-state index < -0.39 is 5.82 Å². The third kappa shape index (κ3) is 6.09. The number of benzene rings is 3. The summed E-state index contributed by atoms with van der Waals surface area (Å²) in [5, 5.41) is 0.409. The number of hydrogen-bond donors (Lipinski definition) is 0. The number of rotatable bonds is 6. The molecule has 0 atom stereocenters. The van der Waals surface area contributed by atoms with E-state index in [1.54, 1.807) is 25.1 Å². The SMILES string of the molecule is CC(=O)c1ccc(N2CCN(C(=O)CSC3=NC(=Cc4cccc(F)c4)C(=O)N3c3ccccc3)CC2)cc1. The van der Waals surface area contributed by atoms with Gasteiger partial charge in [0.1, 0.15) is 11.5 Å². The first kappa shape index (κ1) is 26.4. The van der Waals surface area contributed by atoms with E-state index in [9.17, 15) is 18.8 Å². The molecular weight excluding hydrogens is 515 g/mol. The molecule has 2 heterocycles. The van der Waals surface area contributed by atoms with Crippen molar-refractivity contribution in [2.45, 2.75) is 6.92 Å². The summed E-state index contributed by atoms with van der Waals surface area (Å²) < 4.78 is 13.7. The molecule has 0 spiro atoms. The van der Waals surface area contributed by atoms with Gasteiger partial charge in [0, 0.05) is 37.4 Å². The summed E-state index contributed by atoms with van der Waals surface area (Å²) in [4.78, 5) is 48.0. The molecule has 0 N–H and O–H groups in total. The van der Waals surface area contributed by atoms with Gasteiger partial charge in [0.25, 0.3) is 5.91 Å². The van der Waals surface area contributed by atoms with Gasteiger partial charge in [-0.15, -0.1) is 0 Å². The molecular formula is C30H27FN4O3S. The van der Waals surface area contributed by atoms with Crippen LogP contribution in [0, 0.1) is 5.82 Å². The minimum Gasteiger partial charge on any atom is -0.368 e. The average Bonchev–Trinajstić information content (AvgIpc) is 3.26. The molecule has 198 valence electrons. The minimum absolute atomic E-state index is 0.0303. The van der Waals surface area contributed by atoms with Crippen LogP contribution < -0.4 is 9.80 Å². The maximum absolute atomic E-state index is 13.7. The van der Waals surface area contributed by atoms with E-state index in [-0.39, 0.29) is 29.0 Å². The van der Waals surface area contributed by atoms with Crippen molar-refractivity contribution in [2.24, 2.45) is 4.99 Å². The summed E-state index contributed by atoms with van der Waals surface area (Å²) in [5.74, 6) is -0.588. The van der Waals surface area contributed by atoms with E-state index in [4.69, 9.17) is 0 Å². The van der Waals surface area contributed by atoms with Crippen molar-refractivity contribution >= 4 is 52.0 Å². The van der Waals surface area contributed by atoms with E-state index in [1.165, 1.54) is 28.8 Å². The molecule has 2 aliphatic heterocycles. The van der Waals surface area contributed by atoms with Crippen LogP contribution in [0.4, 0.5) is 15.8 Å². The Hall–Kier alpha value is -4.24. The maximum atomic E-state index is 13.7. The summed E-state index contributed by atoms with van der Waals surface area (Å²) in [6.45, 7) is 4.07. The fourth-order valence-corrected chi connectivity index (χ4v) is 5.41. The second kappa shape index (κ2) is 11.7. The number of para-hydroxylation sites is 1. The number of thioether (sulfide) groups is 1. The third-order valence-electron chi connectivity index (χ3n) is 6.59. The van der Waals surface area contributed by atoms with Gasteiger partial charge in [0.15, 0.2) is 11.0 Å². The van der Waals surface area contributed by atoms with E-state index in [1.807, 2.05) is 59.5 Å². The highest BCUT2D eigenvalue weighted by Crippen LogP contribution is 2.29. The number of nitrogens with zero attached hydrogens (tertiary/aromatic N) is 4. The lowest BCUT2D eigenvalue weighted by molar-refractivity contribution is -0.128. The molecule has 7 nitrogen and oxygen atoms in total. The molecule has 5 rings (SSSR count). The topological polar surface area (TPSA) is 73.3 Å². The van der Waals surface area contributed by atoms with E-state index in [0.29, 0.717) is 48.2 Å². The van der Waals surface area contributed by atoms with Crippen LogP contribution in [0.1, 0.15) is 22.8 Å². The Labute approximate surface area is 230 Å². The van der Waals surface area contributed by atoms with Gasteiger partial charge >= 0.3 is 0 Å². The Bertz CT molecular complexity index is 1450. The molecule has 1 saturated heterocycles. The van der Waals surface area contributed by atoms with E-state index in [2.05, 4.69) is 9.89 Å². The van der Waals surface area contributed by atoms with Crippen LogP contribution in [0.2, 0.25) is 0 Å². The van der Waals surface area contributed by atoms with Crippen molar-refractivity contribution in [1.29, 1.82) is 0 Å². The summed E-state index contributed by atoms with van der Waals surface area (Å²) in [5.41, 5.74) is 3.07. The smallest absolute Gasteiger partial charge is 0.283 e. The number of piperazine rings is 1. The number of aliphatic imine (C=N–C) groups is 1. The first-order valence-electron chi connectivity index (χ1n) is 12.6. The van der Waals surface area contributed by atoms with Gasteiger partial charge in [-0.1, -0.05) is 42.1 Å². The number of ketones is 1. The summed E-state index contributed by atoms with van der Waals surface area (Å²) >= 11 is 1.21. The minimum atomic E-state index is -0.396. The zero-order valence-corrected chi connectivity index (χ0v) is 22.2. The van der Waals surface area contributed by atoms with Crippen molar-refractivity contribution in [1.82, 2.24) is 4.90 Å². The molecule has 9 heteroatoms. The standard InChI is InChI=1S/C30H27FN4O3S/c1-21(36)23-10-12-25(13-11-23)33-14-16-34(17-15-33)28(37)20-39-30-32-27(19-22-6-5-7-24(31)18-22)29(38)35(30)26-8-3-2-4-9-26/h2-13,18-19H,14-17,20H2,1H3. The largest absolute Gasteiger partial charge is 0.368 e. The van der Waals surface area contributed by atoms with Crippen LogP contribution in [0.5, 0.6) is 0 Å². The van der Waals surface area contributed by atoms with Gasteiger partial charge in [-0.2, -0.15) is 0 Å². The molecule has 0 unspecified atom stereocenters. The highest BCUT2D eigenvalue weighted by molar-refractivity contribution is 8.14. The number of anilines is 2. The summed E-state index contributed by atoms with van der Waals surface area (Å²) in [6.07, 6.45) is 1.55. The highest BCUT2D eigenvalue weighted by Gasteiger charge is 2.33. The molecule has 0 radical (unpaired) electrons. The van der Waals surface area contributed by atoms with Crippen molar-refractivity contribution < 1.29 is 18.8 Å². The van der Waals surface area contributed by atoms with Crippen molar-refractivity contribution in [3.63, 3.8) is 0 Å². The Morgan fingerprint density at radius 3 is 2.31 bits per heavy atom. The average molecular weight is 543 g/mol. The molecule has 0 bridgehead atoms. The first-order valence-corrected chi connectivity index (χ1v) is 13.6. The lowest BCUT2D eigenvalue weighted by atomic mass is 10.1. The van der Waals surface area contributed by atoms with Crippen LogP contribution in [0.25, 0.3) is 6.08 Å². The predicted octanol–water partition coefficient (Wildman–Crippen LogP) is 4.85. The van der Waals surface area contributed by atoms with Crippen molar-refractivity contribution in [3.8, 4) is 0 Å². The molecule has 0 saturated carbocycles. The molecule has 1 fully saturated rings. The van der Waals surface area contributed by atoms with Crippen molar-refractivity contribution in [2.75, 3.05) is 41.7 Å². The third-order valence-corrected chi connectivity index (χ3v) is 7.52. The van der Waals surface area contributed by atoms with Gasteiger partial charge in [0.05, 0.1) is 11.4 Å². The number of halogens is 1. The Morgan fingerprint density at radius 1 is 0.923 bits per heavy atom. The number of carbonyl (C=O) groups excluding carboxylic acids is 3. The second-order valence-corrected chi connectivity index (χ2v) is 10.2. The highest BCUT2D eigenvalue weighted by atomic mass is 32.2. The molecule has 39 heavy (non-hydrogen) atoms. The number of carbonyl (C=O) groups is 3. The van der Waals surface area contributed by atoms with Crippen LogP contribution in [-0.2, 0) is 9.59 Å². The molecule has 0 aromatic heterocycles. The molecule has 2 amide bonds. The van der Waals surface area contributed by atoms with Gasteiger partial charge in [-0.05, 0) is 67.1 Å².